The molecule has 0 saturated heterocycles. The van der Waals surface area contributed by atoms with Crippen LogP contribution in [-0.4, -0.2) is 13.1 Å². The van der Waals surface area contributed by atoms with Gasteiger partial charge in [-0.2, -0.15) is 0 Å². The van der Waals surface area contributed by atoms with Crippen LogP contribution in [0, 0.1) is 19.3 Å². The van der Waals surface area contributed by atoms with Crippen molar-refractivity contribution in [2.45, 2.75) is 64.8 Å². The molecule has 0 amide bonds. The molecule has 1 aliphatic carbocycles. The SMILES string of the molecule is COC(=O)CC1(CC(N)c2sc(C)cc2C)CCCCC1. The number of aryl methyl sites for hydroxylation is 2. The summed E-state index contributed by atoms with van der Waals surface area (Å²) in [5.41, 5.74) is 7.82. The molecule has 0 aliphatic heterocycles. The highest BCUT2D eigenvalue weighted by Gasteiger charge is 2.37. The van der Waals surface area contributed by atoms with Crippen molar-refractivity contribution in [1.82, 2.24) is 0 Å². The second kappa shape index (κ2) is 6.93. The number of carbonyl (C=O) groups is 1. The topological polar surface area (TPSA) is 52.3 Å². The van der Waals surface area contributed by atoms with Crippen LogP contribution in [-0.2, 0) is 9.53 Å². The van der Waals surface area contributed by atoms with Crippen LogP contribution >= 0.6 is 11.3 Å². The Hall–Kier alpha value is -0.870. The molecule has 1 aromatic rings. The molecule has 4 heteroatoms. The number of nitrogens with two attached hydrogens (primary N) is 1. The van der Waals surface area contributed by atoms with Crippen molar-refractivity contribution >= 4 is 17.3 Å². The Balaban J connectivity index is 2.14. The third-order valence-corrected chi connectivity index (χ3v) is 6.01. The molecule has 1 aliphatic rings. The quantitative estimate of drug-likeness (QED) is 0.826. The molecule has 1 unspecified atom stereocenters. The summed E-state index contributed by atoms with van der Waals surface area (Å²) in [4.78, 5) is 14.4. The standard InChI is InChI=1S/C17H27NO2S/c1-12-9-13(2)21-16(12)14(18)10-17(11-15(19)20-3)7-5-4-6-8-17/h9,14H,4-8,10-11,18H2,1-3H3. The van der Waals surface area contributed by atoms with Gasteiger partial charge in [0.25, 0.3) is 0 Å². The lowest BCUT2D eigenvalue weighted by Crippen LogP contribution is -2.32. The van der Waals surface area contributed by atoms with Crippen molar-refractivity contribution in [3.8, 4) is 0 Å². The number of methoxy groups -OCH3 is 1. The predicted octanol–water partition coefficient (Wildman–Crippen LogP) is 4.27. The van der Waals surface area contributed by atoms with Gasteiger partial charge < -0.3 is 10.5 Å². The van der Waals surface area contributed by atoms with E-state index in [4.69, 9.17) is 10.5 Å². The van der Waals surface area contributed by atoms with E-state index in [2.05, 4.69) is 19.9 Å². The van der Waals surface area contributed by atoms with E-state index in [-0.39, 0.29) is 17.4 Å². The minimum atomic E-state index is -0.0943. The maximum Gasteiger partial charge on any atom is 0.306 e. The largest absolute Gasteiger partial charge is 0.469 e. The van der Waals surface area contributed by atoms with Gasteiger partial charge in [0.05, 0.1) is 13.5 Å². The summed E-state index contributed by atoms with van der Waals surface area (Å²) < 4.78 is 4.92. The number of thiophene rings is 1. The van der Waals surface area contributed by atoms with Crippen LogP contribution in [0.1, 0.15) is 66.3 Å². The second-order valence-electron chi connectivity index (χ2n) is 6.53. The smallest absolute Gasteiger partial charge is 0.306 e. The van der Waals surface area contributed by atoms with Gasteiger partial charge in [-0.1, -0.05) is 19.3 Å². The highest BCUT2D eigenvalue weighted by molar-refractivity contribution is 7.12. The monoisotopic (exact) mass is 309 g/mol. The van der Waals surface area contributed by atoms with Gasteiger partial charge in [0, 0.05) is 15.8 Å². The summed E-state index contributed by atoms with van der Waals surface area (Å²) in [5.74, 6) is -0.0943. The Kier molecular flexibility index (Phi) is 5.44. The zero-order chi connectivity index (χ0) is 15.5. The molecule has 1 saturated carbocycles. The van der Waals surface area contributed by atoms with Crippen molar-refractivity contribution in [1.29, 1.82) is 0 Å². The van der Waals surface area contributed by atoms with E-state index in [0.717, 1.165) is 19.3 Å². The van der Waals surface area contributed by atoms with E-state index < -0.39 is 0 Å². The summed E-state index contributed by atoms with van der Waals surface area (Å²) in [6.07, 6.45) is 7.27. The van der Waals surface area contributed by atoms with Crippen molar-refractivity contribution in [3.05, 3.63) is 21.4 Å². The third-order valence-electron chi connectivity index (χ3n) is 4.73. The maximum absolute atomic E-state index is 11.8. The first kappa shape index (κ1) is 16.5. The zero-order valence-corrected chi connectivity index (χ0v) is 14.2. The van der Waals surface area contributed by atoms with Crippen molar-refractivity contribution in [3.63, 3.8) is 0 Å². The lowest BCUT2D eigenvalue weighted by Gasteiger charge is -2.38. The van der Waals surface area contributed by atoms with Gasteiger partial charge in [-0.15, -0.1) is 11.3 Å². The van der Waals surface area contributed by atoms with E-state index in [1.54, 1.807) is 11.3 Å². The van der Waals surface area contributed by atoms with Gasteiger partial charge in [0.1, 0.15) is 0 Å². The minimum absolute atomic E-state index is 0.0338. The van der Waals surface area contributed by atoms with Crippen molar-refractivity contribution in [2.24, 2.45) is 11.1 Å². The van der Waals surface area contributed by atoms with E-state index in [0.29, 0.717) is 6.42 Å². The van der Waals surface area contributed by atoms with E-state index in [1.807, 2.05) is 0 Å². The Morgan fingerprint density at radius 3 is 2.57 bits per heavy atom. The lowest BCUT2D eigenvalue weighted by molar-refractivity contribution is -0.144. The fourth-order valence-corrected chi connectivity index (χ4v) is 4.76. The molecular formula is C17H27NO2S. The molecule has 3 nitrogen and oxygen atoms in total. The predicted molar refractivity (Wildman–Crippen MR) is 87.5 cm³/mol. The molecule has 21 heavy (non-hydrogen) atoms. The average Bonchev–Trinajstić information content (AvgIpc) is 2.78. The van der Waals surface area contributed by atoms with Gasteiger partial charge in [0.15, 0.2) is 0 Å². The fourth-order valence-electron chi connectivity index (χ4n) is 3.72. The van der Waals surface area contributed by atoms with Gasteiger partial charge >= 0.3 is 5.97 Å². The second-order valence-corrected chi connectivity index (χ2v) is 7.82. The zero-order valence-electron chi connectivity index (χ0n) is 13.4. The molecule has 1 heterocycles. The molecule has 1 atom stereocenters. The molecule has 0 spiro atoms. The van der Waals surface area contributed by atoms with Gasteiger partial charge in [-0.05, 0) is 50.2 Å². The van der Waals surface area contributed by atoms with Gasteiger partial charge in [-0.25, -0.2) is 0 Å². The maximum atomic E-state index is 11.8. The van der Waals surface area contributed by atoms with Crippen LogP contribution in [0.4, 0.5) is 0 Å². The van der Waals surface area contributed by atoms with Crippen LogP contribution in [0.2, 0.25) is 0 Å². The summed E-state index contributed by atoms with van der Waals surface area (Å²) in [5, 5.41) is 0. The summed E-state index contributed by atoms with van der Waals surface area (Å²) in [7, 11) is 1.48. The number of ether oxygens (including phenoxy) is 1. The lowest BCUT2D eigenvalue weighted by atomic mass is 9.68. The summed E-state index contributed by atoms with van der Waals surface area (Å²) in [6, 6.07) is 2.24. The molecule has 2 N–H and O–H groups in total. The number of hydrogen-bond acceptors (Lipinski definition) is 4. The minimum Gasteiger partial charge on any atom is -0.469 e. The molecule has 0 radical (unpaired) electrons. The Morgan fingerprint density at radius 2 is 2.05 bits per heavy atom. The highest BCUT2D eigenvalue weighted by Crippen LogP contribution is 2.46. The molecule has 1 aromatic heterocycles. The first-order valence-corrected chi connectivity index (χ1v) is 8.67. The summed E-state index contributed by atoms with van der Waals surface area (Å²) in [6.45, 7) is 4.26. The first-order chi connectivity index (χ1) is 9.96. The molecule has 0 aromatic carbocycles. The number of rotatable bonds is 5. The molecule has 2 rings (SSSR count). The normalized spacial score (nSPS) is 19.2. The molecule has 118 valence electrons. The van der Waals surface area contributed by atoms with E-state index in [1.165, 1.54) is 41.7 Å². The van der Waals surface area contributed by atoms with Gasteiger partial charge in [0.2, 0.25) is 0 Å². The van der Waals surface area contributed by atoms with Crippen LogP contribution in [0.25, 0.3) is 0 Å². The summed E-state index contributed by atoms with van der Waals surface area (Å²) >= 11 is 1.79. The average molecular weight is 309 g/mol. The third kappa shape index (κ3) is 4.07. The number of carbonyl (C=O) groups excluding carboxylic acids is 1. The Morgan fingerprint density at radius 1 is 1.38 bits per heavy atom. The molecular weight excluding hydrogens is 282 g/mol. The number of hydrogen-bond donors (Lipinski definition) is 1. The highest BCUT2D eigenvalue weighted by atomic mass is 32.1. The van der Waals surface area contributed by atoms with Crippen molar-refractivity contribution < 1.29 is 9.53 Å². The van der Waals surface area contributed by atoms with E-state index >= 15 is 0 Å². The number of esters is 1. The molecule has 1 fully saturated rings. The van der Waals surface area contributed by atoms with Crippen LogP contribution < -0.4 is 5.73 Å². The first-order valence-electron chi connectivity index (χ1n) is 7.85. The van der Waals surface area contributed by atoms with Crippen molar-refractivity contribution in [2.75, 3.05) is 7.11 Å². The van der Waals surface area contributed by atoms with Crippen LogP contribution in [0.5, 0.6) is 0 Å². The van der Waals surface area contributed by atoms with Crippen LogP contribution in [0.3, 0.4) is 0 Å². The fraction of sp³-hybridized carbons (Fsp3) is 0.706. The molecule has 0 bridgehead atoms. The Labute approximate surface area is 131 Å². The van der Waals surface area contributed by atoms with E-state index in [9.17, 15) is 4.79 Å². The van der Waals surface area contributed by atoms with Crippen LogP contribution in [0.15, 0.2) is 6.07 Å². The van der Waals surface area contributed by atoms with Gasteiger partial charge in [-0.3, -0.25) is 4.79 Å². The Bertz CT molecular complexity index is 489.